The first-order valence-electron chi connectivity index (χ1n) is 4.67. The minimum Gasteiger partial charge on any atom is -0.352 e. The zero-order chi connectivity index (χ0) is 12.6. The number of methoxy groups -OCH3 is 1. The summed E-state index contributed by atoms with van der Waals surface area (Å²) in [6.45, 7) is 0. The highest BCUT2D eigenvalue weighted by molar-refractivity contribution is 6.34. The van der Waals surface area contributed by atoms with Gasteiger partial charge in [-0.3, -0.25) is 4.79 Å². The van der Waals surface area contributed by atoms with Crippen LogP contribution >= 0.6 is 23.4 Å². The molecule has 1 aliphatic heterocycles. The van der Waals surface area contributed by atoms with Crippen molar-refractivity contribution >= 4 is 41.0 Å². The Morgan fingerprint density at radius 2 is 1.82 bits per heavy atom. The first kappa shape index (κ1) is 12.2. The molecule has 1 aromatic rings. The molecule has 5 nitrogen and oxygen atoms in total. The second-order valence-electron chi connectivity index (χ2n) is 3.33. The first-order chi connectivity index (χ1) is 8.06. The molecule has 1 atom stereocenters. The van der Waals surface area contributed by atoms with Gasteiger partial charge >= 0.3 is 6.03 Å². The van der Waals surface area contributed by atoms with Gasteiger partial charge in [0.2, 0.25) is 6.23 Å². The average Bonchev–Trinajstić information content (AvgIpc) is 2.52. The predicted octanol–water partition coefficient (Wildman–Crippen LogP) is 2.23. The summed E-state index contributed by atoms with van der Waals surface area (Å²) in [5, 5.41) is 0.513. The fourth-order valence-corrected chi connectivity index (χ4v) is 1.88. The molecular weight excluding hydrogens is 267 g/mol. The Bertz CT molecular complexity index is 463. The van der Waals surface area contributed by atoms with E-state index >= 15 is 0 Å². The van der Waals surface area contributed by atoms with Gasteiger partial charge in [0, 0.05) is 23.9 Å². The van der Waals surface area contributed by atoms with Gasteiger partial charge in [-0.2, -0.15) is 4.42 Å². The molecule has 1 fully saturated rings. The van der Waals surface area contributed by atoms with Crippen LogP contribution in [0.4, 0.5) is 10.5 Å². The number of urea groups is 1. The zero-order valence-corrected chi connectivity index (χ0v) is 10.3. The molecule has 1 unspecified atom stereocenters. The molecule has 0 bridgehead atoms. The molecule has 90 valence electrons. The zero-order valence-electron chi connectivity index (χ0n) is 8.76. The standard InChI is InChI=1S/C10H8Cl2N2O3/c1-17-9-8(15)13(10(16)14(9)12)7-4-2-6(11)3-5-7/h2-5,9H,1H3. The maximum Gasteiger partial charge on any atom is 0.348 e. The number of benzene rings is 1. The molecule has 1 aromatic carbocycles. The van der Waals surface area contributed by atoms with Crippen LogP contribution < -0.4 is 4.90 Å². The summed E-state index contributed by atoms with van der Waals surface area (Å²) in [7, 11) is 1.30. The Morgan fingerprint density at radius 3 is 2.29 bits per heavy atom. The Kier molecular flexibility index (Phi) is 3.24. The van der Waals surface area contributed by atoms with Crippen LogP contribution in [0.1, 0.15) is 0 Å². The number of hydrogen-bond donors (Lipinski definition) is 0. The quantitative estimate of drug-likeness (QED) is 0.614. The van der Waals surface area contributed by atoms with Crippen molar-refractivity contribution < 1.29 is 14.3 Å². The highest BCUT2D eigenvalue weighted by Crippen LogP contribution is 2.27. The molecule has 0 spiro atoms. The molecule has 0 N–H and O–H groups in total. The number of carbonyl (C=O) groups excluding carboxylic acids is 2. The molecule has 0 aliphatic carbocycles. The van der Waals surface area contributed by atoms with Crippen LogP contribution in [0.25, 0.3) is 0 Å². The van der Waals surface area contributed by atoms with Crippen LogP contribution in [-0.4, -0.2) is 29.7 Å². The molecule has 7 heteroatoms. The lowest BCUT2D eigenvalue weighted by atomic mass is 10.3. The SMILES string of the molecule is COC1C(=O)N(c2ccc(Cl)cc2)C(=O)N1Cl. The first-order valence-corrected chi connectivity index (χ1v) is 5.39. The summed E-state index contributed by atoms with van der Waals surface area (Å²) < 4.78 is 5.56. The van der Waals surface area contributed by atoms with Crippen LogP contribution in [0.15, 0.2) is 24.3 Å². The third kappa shape index (κ3) is 1.97. The van der Waals surface area contributed by atoms with Crippen LogP contribution in [0.2, 0.25) is 5.02 Å². The van der Waals surface area contributed by atoms with Crippen molar-refractivity contribution in [1.29, 1.82) is 0 Å². The Hall–Kier alpha value is -1.30. The van der Waals surface area contributed by atoms with Crippen LogP contribution in [0, 0.1) is 0 Å². The summed E-state index contributed by atoms with van der Waals surface area (Å²) in [6, 6.07) is 5.62. The number of rotatable bonds is 2. The monoisotopic (exact) mass is 274 g/mol. The molecule has 1 saturated heterocycles. The summed E-state index contributed by atoms with van der Waals surface area (Å²) in [5.41, 5.74) is 0.398. The topological polar surface area (TPSA) is 49.9 Å². The predicted molar refractivity (Wildman–Crippen MR) is 62.8 cm³/mol. The van der Waals surface area contributed by atoms with E-state index in [1.54, 1.807) is 24.3 Å². The average molecular weight is 275 g/mol. The van der Waals surface area contributed by atoms with E-state index in [0.29, 0.717) is 10.7 Å². The number of anilines is 1. The highest BCUT2D eigenvalue weighted by atomic mass is 35.5. The number of halogens is 2. The third-order valence-electron chi connectivity index (χ3n) is 2.32. The normalized spacial score (nSPS) is 20.3. The van der Waals surface area contributed by atoms with Gasteiger partial charge in [-0.05, 0) is 24.3 Å². The molecule has 1 heterocycles. The van der Waals surface area contributed by atoms with Crippen molar-refractivity contribution in [2.45, 2.75) is 6.23 Å². The lowest BCUT2D eigenvalue weighted by Gasteiger charge is -2.12. The van der Waals surface area contributed by atoms with Crippen molar-refractivity contribution in [3.8, 4) is 0 Å². The van der Waals surface area contributed by atoms with E-state index in [-0.39, 0.29) is 0 Å². The van der Waals surface area contributed by atoms with Crippen molar-refractivity contribution in [2.75, 3.05) is 12.0 Å². The van der Waals surface area contributed by atoms with Crippen LogP contribution in [-0.2, 0) is 9.53 Å². The second-order valence-corrected chi connectivity index (χ2v) is 4.13. The fraction of sp³-hybridized carbons (Fsp3) is 0.200. The summed E-state index contributed by atoms with van der Waals surface area (Å²) in [5.74, 6) is -0.533. The molecular formula is C10H8Cl2N2O3. The minimum absolute atomic E-state index is 0.398. The Balaban J connectivity index is 2.36. The van der Waals surface area contributed by atoms with Crippen molar-refractivity contribution in [3.05, 3.63) is 29.3 Å². The van der Waals surface area contributed by atoms with Crippen molar-refractivity contribution in [3.63, 3.8) is 0 Å². The lowest BCUT2D eigenvalue weighted by molar-refractivity contribution is -0.128. The molecule has 1 aliphatic rings. The van der Waals surface area contributed by atoms with E-state index in [2.05, 4.69) is 0 Å². The van der Waals surface area contributed by atoms with Crippen LogP contribution in [0.5, 0.6) is 0 Å². The van der Waals surface area contributed by atoms with Crippen LogP contribution in [0.3, 0.4) is 0 Å². The number of nitrogens with zero attached hydrogens (tertiary/aromatic N) is 2. The van der Waals surface area contributed by atoms with Gasteiger partial charge < -0.3 is 4.74 Å². The molecule has 0 aromatic heterocycles. The number of hydrogen-bond acceptors (Lipinski definition) is 3. The lowest BCUT2D eigenvalue weighted by Crippen LogP contribution is -2.31. The molecule has 2 rings (SSSR count). The second kappa shape index (κ2) is 4.52. The maximum atomic E-state index is 11.9. The Labute approximate surface area is 108 Å². The fourth-order valence-electron chi connectivity index (χ4n) is 1.52. The molecule has 0 saturated carbocycles. The smallest absolute Gasteiger partial charge is 0.348 e. The number of ether oxygens (including phenoxy) is 1. The van der Waals surface area contributed by atoms with Gasteiger partial charge in [0.05, 0.1) is 5.69 Å². The maximum absolute atomic E-state index is 11.9. The molecule has 17 heavy (non-hydrogen) atoms. The largest absolute Gasteiger partial charge is 0.352 e. The number of carbonyl (C=O) groups is 2. The molecule has 0 radical (unpaired) electrons. The van der Waals surface area contributed by atoms with Crippen molar-refractivity contribution in [1.82, 2.24) is 4.42 Å². The van der Waals surface area contributed by atoms with Crippen molar-refractivity contribution in [2.24, 2.45) is 0 Å². The van der Waals surface area contributed by atoms with Gasteiger partial charge in [-0.15, -0.1) is 0 Å². The van der Waals surface area contributed by atoms with E-state index in [9.17, 15) is 9.59 Å². The summed E-state index contributed by atoms with van der Waals surface area (Å²) in [4.78, 5) is 24.6. The highest BCUT2D eigenvalue weighted by Gasteiger charge is 2.46. The van der Waals surface area contributed by atoms with E-state index in [1.165, 1.54) is 7.11 Å². The van der Waals surface area contributed by atoms with Gasteiger partial charge in [0.1, 0.15) is 0 Å². The van der Waals surface area contributed by atoms with E-state index < -0.39 is 18.2 Å². The van der Waals surface area contributed by atoms with Gasteiger partial charge in [-0.1, -0.05) is 11.6 Å². The minimum atomic E-state index is -1.10. The summed E-state index contributed by atoms with van der Waals surface area (Å²) >= 11 is 11.4. The Morgan fingerprint density at radius 1 is 1.24 bits per heavy atom. The van der Waals surface area contributed by atoms with Gasteiger partial charge in [0.15, 0.2) is 0 Å². The number of amides is 3. The van der Waals surface area contributed by atoms with E-state index in [1.807, 2.05) is 0 Å². The van der Waals surface area contributed by atoms with Gasteiger partial charge in [0.25, 0.3) is 5.91 Å². The summed E-state index contributed by atoms with van der Waals surface area (Å²) in [6.07, 6.45) is -1.10. The van der Waals surface area contributed by atoms with E-state index in [4.69, 9.17) is 28.1 Å². The van der Waals surface area contributed by atoms with E-state index in [0.717, 1.165) is 9.32 Å². The third-order valence-corrected chi connectivity index (χ3v) is 2.89. The van der Waals surface area contributed by atoms with Gasteiger partial charge in [-0.25, -0.2) is 9.69 Å². The molecule has 3 amide bonds. The number of imide groups is 1.